The highest BCUT2D eigenvalue weighted by molar-refractivity contribution is 7.80. The molecule has 3 N–H and O–H groups in total. The second kappa shape index (κ2) is 7.24. The van der Waals surface area contributed by atoms with Gasteiger partial charge in [0, 0.05) is 18.4 Å². The lowest BCUT2D eigenvalue weighted by molar-refractivity contribution is -0.140. The number of methoxy groups -OCH3 is 1. The van der Waals surface area contributed by atoms with Crippen molar-refractivity contribution < 1.29 is 19.4 Å². The first-order valence-electron chi connectivity index (χ1n) is 6.76. The van der Waals surface area contributed by atoms with Gasteiger partial charge in [-0.05, 0) is 25.2 Å². The van der Waals surface area contributed by atoms with Gasteiger partial charge in [0.2, 0.25) is 0 Å². The van der Waals surface area contributed by atoms with E-state index in [-0.39, 0.29) is 12.4 Å². The summed E-state index contributed by atoms with van der Waals surface area (Å²) in [6.45, 7) is 2.22. The fraction of sp³-hybridized carbons (Fsp3) is 0.333. The molecule has 0 saturated heterocycles. The van der Waals surface area contributed by atoms with E-state index in [1.54, 1.807) is 31.2 Å². The maximum absolute atomic E-state index is 12.3. The highest BCUT2D eigenvalue weighted by Gasteiger charge is 2.32. The molecule has 0 fully saturated rings. The largest absolute Gasteiger partial charge is 0.508 e. The molecule has 7 heteroatoms. The van der Waals surface area contributed by atoms with Crippen LogP contribution in [0.15, 0.2) is 35.5 Å². The zero-order valence-corrected chi connectivity index (χ0v) is 13.2. The minimum absolute atomic E-state index is 0.0830. The summed E-state index contributed by atoms with van der Waals surface area (Å²) in [5.74, 6) is -0.398. The van der Waals surface area contributed by atoms with Crippen LogP contribution < -0.4 is 10.6 Å². The topological polar surface area (TPSA) is 79.8 Å². The van der Waals surface area contributed by atoms with Crippen molar-refractivity contribution in [3.8, 4) is 5.75 Å². The zero-order chi connectivity index (χ0) is 16.1. The van der Waals surface area contributed by atoms with Crippen LogP contribution in [-0.4, -0.2) is 36.5 Å². The molecule has 0 saturated carbocycles. The summed E-state index contributed by atoms with van der Waals surface area (Å²) in [6, 6.07) is 6.23. The second-order valence-electron chi connectivity index (χ2n) is 4.76. The Labute approximate surface area is 134 Å². The van der Waals surface area contributed by atoms with E-state index in [1.165, 1.54) is 7.11 Å². The van der Waals surface area contributed by atoms with Crippen molar-refractivity contribution in [1.82, 2.24) is 10.6 Å². The van der Waals surface area contributed by atoms with Crippen LogP contribution in [-0.2, 0) is 14.3 Å². The first-order chi connectivity index (χ1) is 10.5. The van der Waals surface area contributed by atoms with Gasteiger partial charge in [0.15, 0.2) is 5.11 Å². The molecular weight excluding hydrogens is 304 g/mol. The molecule has 0 radical (unpaired) electrons. The van der Waals surface area contributed by atoms with Gasteiger partial charge in [0.1, 0.15) is 12.4 Å². The Kier molecular flexibility index (Phi) is 5.35. The molecule has 1 heterocycles. The number of phenols is 1. The van der Waals surface area contributed by atoms with E-state index < -0.39 is 12.0 Å². The molecule has 1 aromatic rings. The zero-order valence-electron chi connectivity index (χ0n) is 12.4. The van der Waals surface area contributed by atoms with Crippen LogP contribution in [0.1, 0.15) is 18.5 Å². The Morgan fingerprint density at radius 2 is 2.09 bits per heavy atom. The molecule has 22 heavy (non-hydrogen) atoms. The summed E-state index contributed by atoms with van der Waals surface area (Å²) in [7, 11) is 1.53. The van der Waals surface area contributed by atoms with E-state index in [0.717, 1.165) is 0 Å². The van der Waals surface area contributed by atoms with Crippen molar-refractivity contribution in [3.63, 3.8) is 0 Å². The summed E-state index contributed by atoms with van der Waals surface area (Å²) in [6.07, 6.45) is 0. The molecule has 0 bridgehead atoms. The number of para-hydroxylation sites is 1. The predicted molar refractivity (Wildman–Crippen MR) is 85.3 cm³/mol. The van der Waals surface area contributed by atoms with Crippen LogP contribution in [0, 0.1) is 0 Å². The molecule has 2 rings (SSSR count). The Morgan fingerprint density at radius 1 is 1.36 bits per heavy atom. The molecule has 0 aromatic heterocycles. The lowest BCUT2D eigenvalue weighted by Gasteiger charge is -2.30. The average molecular weight is 322 g/mol. The number of phenolic OH excluding ortho intramolecular Hbond substituents is 1. The number of allylic oxidation sites excluding steroid dienone is 1. The number of carbonyl (C=O) groups is 1. The summed E-state index contributed by atoms with van der Waals surface area (Å²) in [4.78, 5) is 12.3. The van der Waals surface area contributed by atoms with E-state index in [2.05, 4.69) is 10.6 Å². The van der Waals surface area contributed by atoms with Crippen LogP contribution in [0.4, 0.5) is 0 Å². The molecule has 0 aliphatic carbocycles. The maximum Gasteiger partial charge on any atom is 0.338 e. The van der Waals surface area contributed by atoms with Crippen LogP contribution in [0.2, 0.25) is 0 Å². The van der Waals surface area contributed by atoms with Crippen molar-refractivity contribution in [2.24, 2.45) is 0 Å². The Hall–Kier alpha value is -2.12. The summed E-state index contributed by atoms with van der Waals surface area (Å²) in [5.41, 5.74) is 1.54. The number of ether oxygens (including phenoxy) is 2. The third-order valence-corrected chi connectivity index (χ3v) is 3.48. The van der Waals surface area contributed by atoms with E-state index in [9.17, 15) is 9.90 Å². The third-order valence-electron chi connectivity index (χ3n) is 3.26. The number of esters is 1. The standard InChI is InChI=1S/C15H18N2O4S/c1-9-12(14(19)21-8-7-20-2)13(17-15(22)16-9)10-5-3-4-6-11(10)18/h3-6,13,18H,7-8H2,1-2H3,(H2,16,17,22)/t13-/m0/s1. The third kappa shape index (κ3) is 3.55. The normalized spacial score (nSPS) is 17.7. The first kappa shape index (κ1) is 16.3. The minimum atomic E-state index is -0.565. The number of hydrogen-bond acceptors (Lipinski definition) is 5. The Bertz CT molecular complexity index is 615. The monoisotopic (exact) mass is 322 g/mol. The predicted octanol–water partition coefficient (Wildman–Crippen LogP) is 1.37. The number of carbonyl (C=O) groups excluding carboxylic acids is 1. The van der Waals surface area contributed by atoms with Gasteiger partial charge in [-0.1, -0.05) is 18.2 Å². The number of benzene rings is 1. The summed E-state index contributed by atoms with van der Waals surface area (Å²) < 4.78 is 10.1. The smallest absolute Gasteiger partial charge is 0.338 e. The molecule has 0 unspecified atom stereocenters. The lowest BCUT2D eigenvalue weighted by Crippen LogP contribution is -2.45. The average Bonchev–Trinajstić information content (AvgIpc) is 2.47. The van der Waals surface area contributed by atoms with E-state index in [1.807, 2.05) is 0 Å². The van der Waals surface area contributed by atoms with Gasteiger partial charge in [-0.3, -0.25) is 0 Å². The summed E-state index contributed by atoms with van der Waals surface area (Å²) in [5, 5.41) is 16.3. The van der Waals surface area contributed by atoms with Gasteiger partial charge in [-0.15, -0.1) is 0 Å². The fourth-order valence-corrected chi connectivity index (χ4v) is 2.50. The number of rotatable bonds is 5. The van der Waals surface area contributed by atoms with Crippen molar-refractivity contribution >= 4 is 23.3 Å². The molecule has 0 amide bonds. The van der Waals surface area contributed by atoms with E-state index in [0.29, 0.717) is 28.6 Å². The fourth-order valence-electron chi connectivity index (χ4n) is 2.22. The molecule has 0 spiro atoms. The molecule has 6 nitrogen and oxygen atoms in total. The number of aromatic hydroxyl groups is 1. The van der Waals surface area contributed by atoms with Crippen LogP contribution in [0.5, 0.6) is 5.75 Å². The van der Waals surface area contributed by atoms with Gasteiger partial charge in [0.05, 0.1) is 18.2 Å². The molecule has 118 valence electrons. The van der Waals surface area contributed by atoms with Crippen molar-refractivity contribution in [2.45, 2.75) is 13.0 Å². The van der Waals surface area contributed by atoms with Crippen LogP contribution >= 0.6 is 12.2 Å². The Balaban J connectivity index is 2.33. The van der Waals surface area contributed by atoms with Crippen LogP contribution in [0.3, 0.4) is 0 Å². The van der Waals surface area contributed by atoms with Crippen molar-refractivity contribution in [1.29, 1.82) is 0 Å². The maximum atomic E-state index is 12.3. The number of nitrogens with one attached hydrogen (secondary N) is 2. The second-order valence-corrected chi connectivity index (χ2v) is 5.17. The van der Waals surface area contributed by atoms with Gasteiger partial charge >= 0.3 is 5.97 Å². The molecule has 1 aliphatic heterocycles. The van der Waals surface area contributed by atoms with Crippen LogP contribution in [0.25, 0.3) is 0 Å². The number of hydrogen-bond donors (Lipinski definition) is 3. The SMILES string of the molecule is COCCOC(=O)C1=C(C)NC(=S)N[C@H]1c1ccccc1O. The van der Waals surface area contributed by atoms with Crippen molar-refractivity contribution in [3.05, 3.63) is 41.1 Å². The molecular formula is C15H18N2O4S. The minimum Gasteiger partial charge on any atom is -0.508 e. The van der Waals surface area contributed by atoms with Gasteiger partial charge in [-0.25, -0.2) is 4.79 Å². The van der Waals surface area contributed by atoms with Crippen molar-refractivity contribution in [2.75, 3.05) is 20.3 Å². The molecule has 1 atom stereocenters. The quantitative estimate of drug-likeness (QED) is 0.429. The summed E-state index contributed by atoms with van der Waals surface area (Å²) >= 11 is 5.14. The van der Waals surface area contributed by atoms with E-state index in [4.69, 9.17) is 21.7 Å². The first-order valence-corrected chi connectivity index (χ1v) is 7.17. The Morgan fingerprint density at radius 3 is 2.77 bits per heavy atom. The lowest BCUT2D eigenvalue weighted by atomic mass is 9.95. The number of thiocarbonyl (C=S) groups is 1. The van der Waals surface area contributed by atoms with Gasteiger partial charge in [-0.2, -0.15) is 0 Å². The highest BCUT2D eigenvalue weighted by atomic mass is 32.1. The molecule has 1 aromatic carbocycles. The molecule has 1 aliphatic rings. The van der Waals surface area contributed by atoms with Gasteiger partial charge < -0.3 is 25.2 Å². The van der Waals surface area contributed by atoms with Gasteiger partial charge in [0.25, 0.3) is 0 Å². The van der Waals surface area contributed by atoms with E-state index >= 15 is 0 Å². The highest BCUT2D eigenvalue weighted by Crippen LogP contribution is 2.32.